The van der Waals surface area contributed by atoms with Crippen molar-refractivity contribution in [3.8, 4) is 11.8 Å². The zero-order chi connectivity index (χ0) is 15.6. The topological polar surface area (TPSA) is 90.6 Å². The van der Waals surface area contributed by atoms with E-state index in [1.165, 1.54) is 12.1 Å². The van der Waals surface area contributed by atoms with E-state index >= 15 is 0 Å². The normalized spacial score (nSPS) is 11.0. The summed E-state index contributed by atoms with van der Waals surface area (Å²) in [7, 11) is -1.98. The van der Waals surface area contributed by atoms with Crippen LogP contribution in [-0.2, 0) is 19.5 Å². The van der Waals surface area contributed by atoms with Crippen molar-refractivity contribution in [1.29, 1.82) is 0 Å². The second-order valence-electron chi connectivity index (χ2n) is 4.04. The summed E-state index contributed by atoms with van der Waals surface area (Å²) in [6.07, 6.45) is 0. The van der Waals surface area contributed by atoms with Crippen molar-refractivity contribution in [2.24, 2.45) is 5.73 Å². The van der Waals surface area contributed by atoms with E-state index in [0.717, 1.165) is 0 Å². The Bertz CT molecular complexity index is 590. The smallest absolute Gasteiger partial charge is 0.240 e. The predicted molar refractivity (Wildman–Crippen MR) is 80.3 cm³/mol. The van der Waals surface area contributed by atoms with Gasteiger partial charge in [0, 0.05) is 19.2 Å². The summed E-state index contributed by atoms with van der Waals surface area (Å²) in [6, 6.07) is 6.40. The van der Waals surface area contributed by atoms with Crippen LogP contribution in [0.3, 0.4) is 0 Å². The maximum absolute atomic E-state index is 12.1. The minimum absolute atomic E-state index is 0.170. The van der Waals surface area contributed by atoms with Gasteiger partial charge < -0.3 is 15.2 Å². The van der Waals surface area contributed by atoms with Crippen molar-refractivity contribution in [3.63, 3.8) is 0 Å². The monoisotopic (exact) mass is 312 g/mol. The third-order valence-corrected chi connectivity index (χ3v) is 3.91. The highest BCUT2D eigenvalue weighted by molar-refractivity contribution is 7.89. The van der Waals surface area contributed by atoms with Gasteiger partial charge in [-0.15, -0.1) is 0 Å². The fourth-order valence-electron chi connectivity index (χ4n) is 1.47. The fraction of sp³-hybridized carbons (Fsp3) is 0.429. The van der Waals surface area contributed by atoms with Crippen molar-refractivity contribution in [2.75, 3.05) is 40.0 Å². The van der Waals surface area contributed by atoms with Gasteiger partial charge in [-0.2, -0.15) is 0 Å². The molecule has 0 bridgehead atoms. The van der Waals surface area contributed by atoms with Crippen LogP contribution in [0.15, 0.2) is 29.2 Å². The Morgan fingerprint density at radius 1 is 1.29 bits per heavy atom. The van der Waals surface area contributed by atoms with Crippen molar-refractivity contribution in [3.05, 3.63) is 29.8 Å². The largest absolute Gasteiger partial charge is 0.382 e. The van der Waals surface area contributed by atoms with E-state index in [1.54, 1.807) is 19.2 Å². The first-order valence-corrected chi connectivity index (χ1v) is 7.94. The Labute approximate surface area is 125 Å². The highest BCUT2D eigenvalue weighted by atomic mass is 32.2. The molecule has 0 aliphatic rings. The Balaban J connectivity index is 2.57. The van der Waals surface area contributed by atoms with Gasteiger partial charge in [0.15, 0.2) is 0 Å². The molecule has 0 aromatic heterocycles. The van der Waals surface area contributed by atoms with Crippen LogP contribution in [0, 0.1) is 11.8 Å². The zero-order valence-electron chi connectivity index (χ0n) is 12.0. The molecule has 1 aromatic carbocycles. The summed E-state index contributed by atoms with van der Waals surface area (Å²) in [5.74, 6) is 5.49. The van der Waals surface area contributed by atoms with E-state index < -0.39 is 10.0 Å². The molecule has 0 saturated carbocycles. The van der Waals surface area contributed by atoms with Crippen LogP contribution in [-0.4, -0.2) is 48.4 Å². The zero-order valence-corrected chi connectivity index (χ0v) is 12.8. The first-order valence-electron chi connectivity index (χ1n) is 6.45. The number of hydrogen-bond acceptors (Lipinski definition) is 5. The van der Waals surface area contributed by atoms with Gasteiger partial charge in [-0.1, -0.05) is 17.9 Å². The minimum atomic E-state index is -3.56. The van der Waals surface area contributed by atoms with Crippen molar-refractivity contribution >= 4 is 10.0 Å². The molecule has 0 fully saturated rings. The number of methoxy groups -OCH3 is 1. The van der Waals surface area contributed by atoms with Crippen molar-refractivity contribution in [1.82, 2.24) is 4.72 Å². The standard InChI is InChI=1S/C14H20N2O4S/c1-19-10-11-20-9-8-16-21(17,18)14-6-2-4-13(12-14)5-3-7-15/h2,4,6,12,16H,7-11,15H2,1H3. The Morgan fingerprint density at radius 3 is 2.81 bits per heavy atom. The summed E-state index contributed by atoms with van der Waals surface area (Å²) in [5.41, 5.74) is 5.90. The Morgan fingerprint density at radius 2 is 2.10 bits per heavy atom. The molecule has 21 heavy (non-hydrogen) atoms. The SMILES string of the molecule is COCCOCCNS(=O)(=O)c1cccc(C#CCN)c1. The first kappa shape index (κ1) is 17.6. The summed E-state index contributed by atoms with van der Waals surface area (Å²) in [6.45, 7) is 1.63. The molecule has 0 saturated heterocycles. The molecule has 3 N–H and O–H groups in total. The summed E-state index contributed by atoms with van der Waals surface area (Å²) in [5, 5.41) is 0. The molecule has 0 unspecified atom stereocenters. The van der Waals surface area contributed by atoms with E-state index in [4.69, 9.17) is 15.2 Å². The molecule has 1 aromatic rings. The number of ether oxygens (including phenoxy) is 2. The van der Waals surface area contributed by atoms with Crippen LogP contribution in [0.25, 0.3) is 0 Å². The Kier molecular flexibility index (Phi) is 7.97. The van der Waals surface area contributed by atoms with Crippen molar-refractivity contribution < 1.29 is 17.9 Å². The molecule has 0 amide bonds. The molecule has 0 aliphatic carbocycles. The fourth-order valence-corrected chi connectivity index (χ4v) is 2.53. The van der Waals surface area contributed by atoms with Gasteiger partial charge in [0.05, 0.1) is 31.3 Å². The van der Waals surface area contributed by atoms with Gasteiger partial charge in [0.2, 0.25) is 10.0 Å². The van der Waals surface area contributed by atoms with Gasteiger partial charge in [0.1, 0.15) is 0 Å². The van der Waals surface area contributed by atoms with Crippen LogP contribution in [0.5, 0.6) is 0 Å². The van der Waals surface area contributed by atoms with Gasteiger partial charge in [-0.05, 0) is 18.2 Å². The summed E-state index contributed by atoms with van der Waals surface area (Å²) < 4.78 is 36.6. The van der Waals surface area contributed by atoms with Crippen molar-refractivity contribution in [2.45, 2.75) is 4.90 Å². The quantitative estimate of drug-likeness (QED) is 0.518. The van der Waals surface area contributed by atoms with Crippen LogP contribution in [0.1, 0.15) is 5.56 Å². The van der Waals surface area contributed by atoms with Gasteiger partial charge >= 0.3 is 0 Å². The van der Waals surface area contributed by atoms with Crippen LogP contribution >= 0.6 is 0 Å². The molecule has 0 spiro atoms. The van der Waals surface area contributed by atoms with Crippen LogP contribution < -0.4 is 10.5 Å². The van der Waals surface area contributed by atoms with E-state index in [2.05, 4.69) is 16.6 Å². The van der Waals surface area contributed by atoms with Gasteiger partial charge in [-0.25, -0.2) is 13.1 Å². The highest BCUT2D eigenvalue weighted by Crippen LogP contribution is 2.10. The maximum Gasteiger partial charge on any atom is 0.240 e. The van der Waals surface area contributed by atoms with E-state index in [1.807, 2.05) is 0 Å². The van der Waals surface area contributed by atoms with Crippen LogP contribution in [0.4, 0.5) is 0 Å². The second-order valence-corrected chi connectivity index (χ2v) is 5.80. The molecular weight excluding hydrogens is 292 g/mol. The lowest BCUT2D eigenvalue weighted by Gasteiger charge is -2.07. The molecular formula is C14H20N2O4S. The van der Waals surface area contributed by atoms with E-state index in [0.29, 0.717) is 18.8 Å². The molecule has 0 radical (unpaired) electrons. The Hall–Kier alpha value is -1.43. The maximum atomic E-state index is 12.1. The third kappa shape index (κ3) is 6.71. The van der Waals surface area contributed by atoms with Gasteiger partial charge in [-0.3, -0.25) is 0 Å². The highest BCUT2D eigenvalue weighted by Gasteiger charge is 2.13. The number of sulfonamides is 1. The van der Waals surface area contributed by atoms with E-state index in [-0.39, 0.29) is 24.6 Å². The molecule has 0 aliphatic heterocycles. The molecule has 0 heterocycles. The molecule has 7 heteroatoms. The summed E-state index contributed by atoms with van der Waals surface area (Å²) >= 11 is 0. The van der Waals surface area contributed by atoms with E-state index in [9.17, 15) is 8.42 Å². The molecule has 0 atom stereocenters. The average molecular weight is 312 g/mol. The first-order chi connectivity index (χ1) is 10.1. The molecule has 1 rings (SSSR count). The predicted octanol–water partition coefficient (Wildman–Crippen LogP) is -0.0619. The lowest BCUT2D eigenvalue weighted by molar-refractivity contribution is 0.0736. The minimum Gasteiger partial charge on any atom is -0.382 e. The second kappa shape index (κ2) is 9.50. The lowest BCUT2D eigenvalue weighted by atomic mass is 10.2. The molecule has 6 nitrogen and oxygen atoms in total. The number of nitrogens with one attached hydrogen (secondary N) is 1. The lowest BCUT2D eigenvalue weighted by Crippen LogP contribution is -2.27. The number of nitrogens with two attached hydrogens (primary N) is 1. The van der Waals surface area contributed by atoms with Crippen LogP contribution in [0.2, 0.25) is 0 Å². The summed E-state index contributed by atoms with van der Waals surface area (Å²) in [4.78, 5) is 0.170. The number of benzene rings is 1. The van der Waals surface area contributed by atoms with Gasteiger partial charge in [0.25, 0.3) is 0 Å². The number of hydrogen-bond donors (Lipinski definition) is 2. The molecule has 116 valence electrons. The third-order valence-electron chi connectivity index (χ3n) is 2.45. The number of rotatable bonds is 8. The average Bonchev–Trinajstić information content (AvgIpc) is 2.49.